The normalized spacial score (nSPS) is 22.6. The van der Waals surface area contributed by atoms with Crippen molar-refractivity contribution in [3.63, 3.8) is 0 Å². The van der Waals surface area contributed by atoms with E-state index >= 15 is 0 Å². The molecule has 0 radical (unpaired) electrons. The molecule has 0 saturated carbocycles. The van der Waals surface area contributed by atoms with Gasteiger partial charge in [-0.1, -0.05) is 29.8 Å². The lowest BCUT2D eigenvalue weighted by molar-refractivity contribution is -0.0646. The number of nitrogens with zero attached hydrogens (tertiary/aromatic N) is 2. The quantitative estimate of drug-likeness (QED) is 0.618. The first-order valence-electron chi connectivity index (χ1n) is 11.4. The van der Waals surface area contributed by atoms with Gasteiger partial charge in [0.15, 0.2) is 0 Å². The average molecular weight is 461 g/mol. The van der Waals surface area contributed by atoms with Crippen LogP contribution >= 0.6 is 11.6 Å². The molecule has 32 heavy (non-hydrogen) atoms. The van der Waals surface area contributed by atoms with Gasteiger partial charge in [-0.25, -0.2) is 0 Å². The molecule has 2 aliphatic rings. The summed E-state index contributed by atoms with van der Waals surface area (Å²) in [4.78, 5) is 4.66. The van der Waals surface area contributed by atoms with E-state index in [0.717, 1.165) is 32.0 Å². The molecule has 2 aliphatic heterocycles. The summed E-state index contributed by atoms with van der Waals surface area (Å²) in [7, 11) is 0. The van der Waals surface area contributed by atoms with Crippen LogP contribution < -0.4 is 9.47 Å². The van der Waals surface area contributed by atoms with Crippen molar-refractivity contribution in [1.29, 1.82) is 0 Å². The Morgan fingerprint density at radius 1 is 0.969 bits per heavy atom. The van der Waals surface area contributed by atoms with Gasteiger partial charge in [-0.3, -0.25) is 9.80 Å². The molecule has 2 aromatic rings. The Labute approximate surface area is 195 Å². The second-order valence-electron chi connectivity index (χ2n) is 8.77. The highest BCUT2D eigenvalue weighted by Gasteiger charge is 2.33. The number of hydrogen-bond acceptors (Lipinski definition) is 6. The predicted molar refractivity (Wildman–Crippen MR) is 126 cm³/mol. The van der Waals surface area contributed by atoms with Crippen molar-refractivity contribution in [1.82, 2.24) is 9.80 Å². The summed E-state index contributed by atoms with van der Waals surface area (Å²) in [5, 5.41) is 11.7. The number of ether oxygens (including phenoxy) is 3. The summed E-state index contributed by atoms with van der Waals surface area (Å²) in [5.74, 6) is 1.54. The maximum absolute atomic E-state index is 11.1. The summed E-state index contributed by atoms with van der Waals surface area (Å²) >= 11 is 6.02. The molecule has 2 fully saturated rings. The van der Waals surface area contributed by atoms with Crippen molar-refractivity contribution in [3.05, 3.63) is 59.1 Å². The van der Waals surface area contributed by atoms with Gasteiger partial charge >= 0.3 is 0 Å². The first kappa shape index (κ1) is 23.3. The lowest BCUT2D eigenvalue weighted by atomic mass is 10.1. The molecule has 2 aromatic carbocycles. The molecule has 174 valence electrons. The van der Waals surface area contributed by atoms with Crippen LogP contribution in [0.2, 0.25) is 5.02 Å². The monoisotopic (exact) mass is 460 g/mol. The lowest BCUT2D eigenvalue weighted by Gasteiger charge is -2.30. The van der Waals surface area contributed by atoms with Crippen LogP contribution in [-0.4, -0.2) is 79.7 Å². The Morgan fingerprint density at radius 3 is 2.56 bits per heavy atom. The first-order valence-corrected chi connectivity index (χ1v) is 11.8. The number of rotatable bonds is 9. The third-order valence-corrected chi connectivity index (χ3v) is 6.18. The maximum atomic E-state index is 11.1. The highest BCUT2D eigenvalue weighted by atomic mass is 35.5. The third kappa shape index (κ3) is 7.09. The third-order valence-electron chi connectivity index (χ3n) is 5.95. The van der Waals surface area contributed by atoms with Crippen LogP contribution in [0.3, 0.4) is 0 Å². The summed E-state index contributed by atoms with van der Waals surface area (Å²) < 4.78 is 17.4. The zero-order chi connectivity index (χ0) is 22.2. The van der Waals surface area contributed by atoms with E-state index in [1.54, 1.807) is 12.1 Å². The Morgan fingerprint density at radius 2 is 1.78 bits per heavy atom. The molecule has 1 N–H and O–H groups in total. The van der Waals surface area contributed by atoms with Gasteiger partial charge in [0.25, 0.3) is 0 Å². The van der Waals surface area contributed by atoms with Crippen LogP contribution in [-0.2, 0) is 11.3 Å². The second-order valence-corrected chi connectivity index (χ2v) is 9.21. The smallest absolute Gasteiger partial charge is 0.134 e. The van der Waals surface area contributed by atoms with Gasteiger partial charge in [-0.15, -0.1) is 0 Å². The minimum Gasteiger partial charge on any atom is -0.492 e. The second kappa shape index (κ2) is 11.3. The van der Waals surface area contributed by atoms with E-state index in [1.165, 1.54) is 31.5 Å². The van der Waals surface area contributed by atoms with Gasteiger partial charge in [0.05, 0.1) is 13.2 Å². The minimum atomic E-state index is -1.09. The molecule has 6 nitrogen and oxygen atoms in total. The van der Waals surface area contributed by atoms with E-state index in [4.69, 9.17) is 25.8 Å². The van der Waals surface area contributed by atoms with Crippen LogP contribution in [0.1, 0.15) is 18.4 Å². The highest BCUT2D eigenvalue weighted by molar-refractivity contribution is 6.30. The van der Waals surface area contributed by atoms with Crippen molar-refractivity contribution >= 4 is 11.6 Å². The lowest BCUT2D eigenvalue weighted by Crippen LogP contribution is -2.48. The molecular weight excluding hydrogens is 428 g/mol. The van der Waals surface area contributed by atoms with E-state index in [0.29, 0.717) is 23.9 Å². The zero-order valence-electron chi connectivity index (χ0n) is 18.5. The summed E-state index contributed by atoms with van der Waals surface area (Å²) in [5.41, 5.74) is 0.0918. The molecule has 0 bridgehead atoms. The molecule has 0 aliphatic carbocycles. The van der Waals surface area contributed by atoms with E-state index < -0.39 is 5.60 Å². The Kier molecular flexibility index (Phi) is 8.27. The van der Waals surface area contributed by atoms with Crippen LogP contribution in [0.5, 0.6) is 11.5 Å². The van der Waals surface area contributed by atoms with Crippen molar-refractivity contribution in [2.24, 2.45) is 0 Å². The number of halogens is 1. The fourth-order valence-corrected chi connectivity index (χ4v) is 4.42. The molecule has 0 aromatic heterocycles. The van der Waals surface area contributed by atoms with Crippen molar-refractivity contribution in [3.8, 4) is 11.5 Å². The van der Waals surface area contributed by atoms with Gasteiger partial charge in [-0.05, 0) is 61.8 Å². The Bertz CT molecular complexity index is 844. The van der Waals surface area contributed by atoms with Crippen molar-refractivity contribution in [2.45, 2.75) is 25.0 Å². The van der Waals surface area contributed by atoms with Crippen LogP contribution in [0.15, 0.2) is 48.5 Å². The van der Waals surface area contributed by atoms with Gasteiger partial charge in [0.2, 0.25) is 0 Å². The topological polar surface area (TPSA) is 54.4 Å². The first-order chi connectivity index (χ1) is 15.6. The zero-order valence-corrected chi connectivity index (χ0v) is 19.3. The average Bonchev–Trinajstić information content (AvgIpc) is 3.23. The fourth-order valence-electron chi connectivity index (χ4n) is 4.24. The Balaban J connectivity index is 1.26. The molecule has 1 unspecified atom stereocenters. The molecule has 7 heteroatoms. The number of likely N-dealkylation sites (tertiary alicyclic amines) is 1. The number of β-amino-alcohol motifs (C(OH)–C–C–N with tert-alkyl or cyclic N) is 1. The van der Waals surface area contributed by atoms with Crippen LogP contribution in [0, 0.1) is 0 Å². The summed E-state index contributed by atoms with van der Waals surface area (Å²) in [6.07, 6.45) is 2.61. The molecule has 2 heterocycles. The molecule has 1 atom stereocenters. The number of hydrogen-bond donors (Lipinski definition) is 1. The number of benzene rings is 2. The van der Waals surface area contributed by atoms with Gasteiger partial charge in [0.1, 0.15) is 30.3 Å². The van der Waals surface area contributed by atoms with Gasteiger partial charge in [0, 0.05) is 31.2 Å². The van der Waals surface area contributed by atoms with Crippen LogP contribution in [0.25, 0.3) is 0 Å². The molecule has 4 rings (SSSR count). The van der Waals surface area contributed by atoms with Gasteiger partial charge in [-0.2, -0.15) is 0 Å². The summed E-state index contributed by atoms with van der Waals surface area (Å²) in [6.45, 7) is 7.04. The molecule has 0 amide bonds. The van der Waals surface area contributed by atoms with E-state index in [2.05, 4.69) is 21.9 Å². The Hall–Kier alpha value is -1.83. The van der Waals surface area contributed by atoms with E-state index in [9.17, 15) is 5.11 Å². The SMILES string of the molecule is OC1(COc2cccc(Cl)c2)COCCN(Cc2ccc(OCCN3CCCC3)cc2)C1. The molecular formula is C25H33ClN2O4. The predicted octanol–water partition coefficient (Wildman–Crippen LogP) is 3.46. The van der Waals surface area contributed by atoms with E-state index in [-0.39, 0.29) is 13.2 Å². The largest absolute Gasteiger partial charge is 0.492 e. The van der Waals surface area contributed by atoms with Crippen molar-refractivity contribution in [2.75, 3.05) is 59.2 Å². The van der Waals surface area contributed by atoms with E-state index in [1.807, 2.05) is 24.3 Å². The van der Waals surface area contributed by atoms with Gasteiger partial charge < -0.3 is 19.3 Å². The summed E-state index contributed by atoms with van der Waals surface area (Å²) in [6, 6.07) is 15.5. The minimum absolute atomic E-state index is 0.146. The molecule has 2 saturated heterocycles. The van der Waals surface area contributed by atoms with Crippen molar-refractivity contribution < 1.29 is 19.3 Å². The number of aliphatic hydroxyl groups is 1. The standard InChI is InChI=1S/C25H33ClN2O4/c26-22-4-3-5-24(16-22)32-20-25(29)18-28(12-14-30-19-25)17-21-6-8-23(9-7-21)31-15-13-27-10-1-2-11-27/h3-9,16,29H,1-2,10-15,17-20H2. The highest BCUT2D eigenvalue weighted by Crippen LogP contribution is 2.21. The fraction of sp³-hybridized carbons (Fsp3) is 0.520. The maximum Gasteiger partial charge on any atom is 0.134 e. The molecule has 0 spiro atoms. The van der Waals surface area contributed by atoms with Crippen LogP contribution in [0.4, 0.5) is 0 Å².